The number of hydrogen-bond donors (Lipinski definition) is 2. The van der Waals surface area contributed by atoms with Crippen molar-refractivity contribution in [3.05, 3.63) is 70.3 Å². The van der Waals surface area contributed by atoms with E-state index < -0.39 is 21.7 Å². The highest BCUT2D eigenvalue weighted by molar-refractivity contribution is 7.89. The van der Waals surface area contributed by atoms with Crippen LogP contribution < -0.4 is 11.1 Å². The Hall–Kier alpha value is -4.28. The van der Waals surface area contributed by atoms with E-state index in [-0.39, 0.29) is 46.6 Å². The van der Waals surface area contributed by atoms with Crippen LogP contribution in [0.4, 0.5) is 10.1 Å². The van der Waals surface area contributed by atoms with E-state index in [0.29, 0.717) is 47.8 Å². The van der Waals surface area contributed by atoms with Crippen LogP contribution in [0, 0.1) is 30.0 Å². The Labute approximate surface area is 261 Å². The molecule has 3 heterocycles. The number of aryl methyl sites for hydroxylation is 1. The van der Waals surface area contributed by atoms with Crippen LogP contribution in [0.1, 0.15) is 77.2 Å². The molecule has 0 spiro atoms. The molecule has 0 unspecified atom stereocenters. The van der Waals surface area contributed by atoms with Gasteiger partial charge in [0.1, 0.15) is 11.9 Å². The summed E-state index contributed by atoms with van der Waals surface area (Å²) in [6.45, 7) is 7.12. The SMILES string of the molecule is Cc1nn(-c2ccc(C(N)=O)c(NC3CCN(S(=O)(=O)c4ccc(F)c(C#N)c4)CC3)c2)c2c1C(=O)N(CC1CC1)C(C)(C)C2. The molecule has 13 heteroatoms. The van der Waals surface area contributed by atoms with Gasteiger partial charge in [-0.1, -0.05) is 0 Å². The maximum atomic E-state index is 13.8. The normalized spacial score (nSPS) is 18.8. The van der Waals surface area contributed by atoms with E-state index in [1.807, 2.05) is 11.8 Å². The van der Waals surface area contributed by atoms with Crippen LogP contribution in [-0.4, -0.2) is 70.4 Å². The third-order valence-corrected chi connectivity index (χ3v) is 11.0. The third-order valence-electron chi connectivity index (χ3n) is 9.11. The van der Waals surface area contributed by atoms with E-state index >= 15 is 0 Å². The van der Waals surface area contributed by atoms with E-state index in [1.54, 1.807) is 29.0 Å². The van der Waals surface area contributed by atoms with Crippen molar-refractivity contribution in [2.45, 2.75) is 69.4 Å². The number of carbonyl (C=O) groups excluding carboxylic acids is 2. The van der Waals surface area contributed by atoms with Crippen molar-refractivity contribution in [2.24, 2.45) is 11.7 Å². The van der Waals surface area contributed by atoms with Crippen molar-refractivity contribution in [3.8, 4) is 11.8 Å². The number of primary amides is 1. The van der Waals surface area contributed by atoms with E-state index in [9.17, 15) is 22.4 Å². The number of carbonyl (C=O) groups is 2. The molecule has 2 aromatic carbocycles. The fourth-order valence-corrected chi connectivity index (χ4v) is 7.89. The van der Waals surface area contributed by atoms with E-state index in [1.165, 1.54) is 4.31 Å². The first-order chi connectivity index (χ1) is 21.3. The van der Waals surface area contributed by atoms with Crippen LogP contribution >= 0.6 is 0 Å². The maximum absolute atomic E-state index is 13.8. The molecule has 1 saturated heterocycles. The van der Waals surface area contributed by atoms with Crippen molar-refractivity contribution >= 4 is 27.5 Å². The Morgan fingerprint density at radius 1 is 1.16 bits per heavy atom. The summed E-state index contributed by atoms with van der Waals surface area (Å²) in [5.74, 6) is -0.829. The second-order valence-electron chi connectivity index (χ2n) is 12.8. The summed E-state index contributed by atoms with van der Waals surface area (Å²) in [7, 11) is -3.93. The molecule has 0 radical (unpaired) electrons. The molecule has 1 aliphatic carbocycles. The molecule has 45 heavy (non-hydrogen) atoms. The number of nitrogens with zero attached hydrogens (tertiary/aromatic N) is 5. The van der Waals surface area contributed by atoms with Gasteiger partial charge < -0.3 is 16.0 Å². The number of nitriles is 1. The Balaban J connectivity index is 1.23. The number of nitrogens with two attached hydrogens (primary N) is 1. The average Bonchev–Trinajstić information content (AvgIpc) is 3.76. The zero-order valence-electron chi connectivity index (χ0n) is 25.5. The summed E-state index contributed by atoms with van der Waals surface area (Å²) < 4.78 is 43.3. The van der Waals surface area contributed by atoms with Gasteiger partial charge in [0, 0.05) is 43.3 Å². The minimum atomic E-state index is -3.93. The summed E-state index contributed by atoms with van der Waals surface area (Å²) in [5.41, 5.74) is 8.57. The molecule has 0 bridgehead atoms. The van der Waals surface area contributed by atoms with Gasteiger partial charge in [0.05, 0.1) is 38.7 Å². The number of aromatic nitrogens is 2. The van der Waals surface area contributed by atoms with Crippen molar-refractivity contribution in [3.63, 3.8) is 0 Å². The Morgan fingerprint density at radius 3 is 2.51 bits per heavy atom. The topological polar surface area (TPSA) is 154 Å². The second kappa shape index (κ2) is 11.3. The molecule has 2 fully saturated rings. The molecule has 1 saturated carbocycles. The molecule has 0 atom stereocenters. The van der Waals surface area contributed by atoms with Crippen molar-refractivity contribution < 1.29 is 22.4 Å². The third kappa shape index (κ3) is 5.68. The van der Waals surface area contributed by atoms with Crippen LogP contribution in [0.3, 0.4) is 0 Å². The first kappa shape index (κ1) is 30.7. The van der Waals surface area contributed by atoms with Crippen LogP contribution in [0.15, 0.2) is 41.3 Å². The zero-order chi connectivity index (χ0) is 32.3. The Bertz CT molecular complexity index is 1850. The summed E-state index contributed by atoms with van der Waals surface area (Å²) >= 11 is 0. The van der Waals surface area contributed by atoms with Crippen molar-refractivity contribution in [1.82, 2.24) is 19.0 Å². The second-order valence-corrected chi connectivity index (χ2v) is 14.8. The number of anilines is 1. The van der Waals surface area contributed by atoms with Crippen LogP contribution in [0.25, 0.3) is 5.69 Å². The number of hydrogen-bond acceptors (Lipinski definition) is 7. The minimum absolute atomic E-state index is 0.00444. The first-order valence-electron chi connectivity index (χ1n) is 15.1. The van der Waals surface area contributed by atoms with Gasteiger partial charge in [-0.3, -0.25) is 9.59 Å². The highest BCUT2D eigenvalue weighted by Gasteiger charge is 2.43. The number of rotatable bonds is 8. The number of nitrogens with one attached hydrogen (secondary N) is 1. The van der Waals surface area contributed by atoms with Crippen LogP contribution in [0.2, 0.25) is 0 Å². The van der Waals surface area contributed by atoms with E-state index in [4.69, 9.17) is 16.1 Å². The maximum Gasteiger partial charge on any atom is 0.258 e. The number of fused-ring (bicyclic) bond motifs is 1. The van der Waals surface area contributed by atoms with Crippen molar-refractivity contribution in [1.29, 1.82) is 5.26 Å². The van der Waals surface area contributed by atoms with Gasteiger partial charge in [-0.15, -0.1) is 0 Å². The Kier molecular flexibility index (Phi) is 7.69. The summed E-state index contributed by atoms with van der Waals surface area (Å²) in [6, 6.07) is 9.91. The number of piperidine rings is 1. The fraction of sp³-hybridized carbons (Fsp3) is 0.438. The fourth-order valence-electron chi connectivity index (χ4n) is 6.39. The van der Waals surface area contributed by atoms with Gasteiger partial charge in [0.15, 0.2) is 0 Å². The highest BCUT2D eigenvalue weighted by atomic mass is 32.2. The van der Waals surface area contributed by atoms with Crippen LogP contribution in [0.5, 0.6) is 0 Å². The van der Waals surface area contributed by atoms with Gasteiger partial charge >= 0.3 is 0 Å². The molecule has 11 nitrogen and oxygen atoms in total. The minimum Gasteiger partial charge on any atom is -0.382 e. The smallest absolute Gasteiger partial charge is 0.258 e. The molecular weight excluding hydrogens is 597 g/mol. The summed E-state index contributed by atoms with van der Waals surface area (Å²) in [5, 5.41) is 17.3. The largest absolute Gasteiger partial charge is 0.382 e. The molecule has 3 aromatic rings. The number of benzene rings is 2. The van der Waals surface area contributed by atoms with Gasteiger partial charge in [-0.2, -0.15) is 14.7 Å². The van der Waals surface area contributed by atoms with E-state index in [2.05, 4.69) is 19.2 Å². The van der Waals surface area contributed by atoms with Gasteiger partial charge in [-0.25, -0.2) is 17.5 Å². The highest BCUT2D eigenvalue weighted by Crippen LogP contribution is 2.38. The molecule has 236 valence electrons. The Morgan fingerprint density at radius 2 is 1.87 bits per heavy atom. The molecule has 2 aliphatic heterocycles. The van der Waals surface area contributed by atoms with Crippen LogP contribution in [-0.2, 0) is 16.4 Å². The molecule has 6 rings (SSSR count). The van der Waals surface area contributed by atoms with Crippen molar-refractivity contribution in [2.75, 3.05) is 25.0 Å². The molecule has 2 amide bonds. The predicted octanol–water partition coefficient (Wildman–Crippen LogP) is 3.74. The monoisotopic (exact) mass is 633 g/mol. The lowest BCUT2D eigenvalue weighted by atomic mass is 9.87. The average molecular weight is 634 g/mol. The standard InChI is InChI=1S/C32H36FN7O4S/c1-19-29-28(16-32(2,3)39(31(29)42)18-20-4-5-20)40(37-19)23-6-8-25(30(35)41)27(15-23)36-22-10-12-38(13-11-22)45(43,44)24-7-9-26(33)21(14-24)17-34/h6-9,14-15,20,22,36H,4-5,10-13,16,18H2,1-3H3,(H2,35,41). The number of amides is 2. The number of halogens is 1. The first-order valence-corrected chi connectivity index (χ1v) is 16.5. The quantitative estimate of drug-likeness (QED) is 0.383. The van der Waals surface area contributed by atoms with Gasteiger partial charge in [-0.05, 0) is 88.8 Å². The van der Waals surface area contributed by atoms with E-state index in [0.717, 1.165) is 43.3 Å². The lowest BCUT2D eigenvalue weighted by Gasteiger charge is -2.42. The summed E-state index contributed by atoms with van der Waals surface area (Å²) in [6.07, 6.45) is 3.80. The molecule has 3 N–H and O–H groups in total. The lowest BCUT2D eigenvalue weighted by Crippen LogP contribution is -2.53. The molecule has 3 aliphatic rings. The molecule has 1 aromatic heterocycles. The molecular formula is C32H36FN7O4S. The van der Waals surface area contributed by atoms with Gasteiger partial charge in [0.25, 0.3) is 11.8 Å². The lowest BCUT2D eigenvalue weighted by molar-refractivity contribution is 0.0487. The zero-order valence-corrected chi connectivity index (χ0v) is 26.3. The summed E-state index contributed by atoms with van der Waals surface area (Å²) in [4.78, 5) is 27.9. The number of sulfonamides is 1. The van der Waals surface area contributed by atoms with Gasteiger partial charge in [0.2, 0.25) is 10.0 Å². The predicted molar refractivity (Wildman–Crippen MR) is 165 cm³/mol.